The first kappa shape index (κ1) is 16.2. The molecule has 3 nitrogen and oxygen atoms in total. The lowest BCUT2D eigenvalue weighted by Gasteiger charge is -2.16. The zero-order valence-corrected chi connectivity index (χ0v) is 12.7. The van der Waals surface area contributed by atoms with Gasteiger partial charge in [0.05, 0.1) is 0 Å². The van der Waals surface area contributed by atoms with Crippen LogP contribution in [0.15, 0.2) is 24.3 Å². The summed E-state index contributed by atoms with van der Waals surface area (Å²) in [6, 6.07) is 8.61. The molecule has 1 rings (SSSR count). The van der Waals surface area contributed by atoms with Gasteiger partial charge in [-0.25, -0.2) is 0 Å². The highest BCUT2D eigenvalue weighted by molar-refractivity contribution is 6.44. The number of rotatable bonds is 9. The lowest BCUT2D eigenvalue weighted by Crippen LogP contribution is -2.23. The summed E-state index contributed by atoms with van der Waals surface area (Å²) in [7, 11) is 4.11. The van der Waals surface area contributed by atoms with Crippen LogP contribution in [0.25, 0.3) is 0 Å². The fourth-order valence-corrected chi connectivity index (χ4v) is 2.16. The molecule has 0 spiro atoms. The summed E-state index contributed by atoms with van der Waals surface area (Å²) >= 11 is 0. The van der Waals surface area contributed by atoms with Crippen molar-refractivity contribution in [3.8, 4) is 0 Å². The Hall–Kier alpha value is -0.835. The largest absolute Gasteiger partial charge is 0.457 e. The van der Waals surface area contributed by atoms with Crippen LogP contribution in [-0.4, -0.2) is 39.3 Å². The predicted octanol–water partition coefficient (Wildman–Crippen LogP) is 2.85. The van der Waals surface area contributed by atoms with Crippen molar-refractivity contribution in [3.05, 3.63) is 35.4 Å². The third-order valence-corrected chi connectivity index (χ3v) is 2.96. The van der Waals surface area contributed by atoms with Crippen molar-refractivity contribution in [1.82, 2.24) is 4.90 Å². The highest BCUT2D eigenvalue weighted by Gasteiger charge is 2.17. The highest BCUT2D eigenvalue weighted by Crippen LogP contribution is 2.14. The number of nitrogens with zero attached hydrogens (tertiary/aromatic N) is 1. The average Bonchev–Trinajstić information content (AvgIpc) is 2.37. The number of aryl methyl sites for hydroxylation is 1. The fraction of sp³-hybridized carbons (Fsp3) is 0.600. The van der Waals surface area contributed by atoms with Gasteiger partial charge in [0.15, 0.2) is 0 Å². The van der Waals surface area contributed by atoms with Crippen molar-refractivity contribution in [2.75, 3.05) is 27.3 Å². The Kier molecular flexibility index (Phi) is 7.79. The second-order valence-electron chi connectivity index (χ2n) is 4.89. The Morgan fingerprint density at radius 2 is 1.58 bits per heavy atom. The van der Waals surface area contributed by atoms with Crippen molar-refractivity contribution in [3.63, 3.8) is 0 Å². The molecule has 4 heteroatoms. The molecule has 0 heterocycles. The van der Waals surface area contributed by atoms with E-state index in [0.717, 1.165) is 19.3 Å². The molecular weight excluding hydrogens is 237 g/mol. The Labute approximate surface area is 118 Å². The second kappa shape index (κ2) is 9.13. The maximum absolute atomic E-state index is 5.59. The van der Waals surface area contributed by atoms with Gasteiger partial charge in [0, 0.05) is 19.8 Å². The quantitative estimate of drug-likeness (QED) is 0.639. The maximum atomic E-state index is 5.59. The van der Waals surface area contributed by atoms with Crippen molar-refractivity contribution >= 4 is 7.12 Å². The molecule has 0 atom stereocenters. The van der Waals surface area contributed by atoms with Crippen LogP contribution in [0.2, 0.25) is 6.32 Å². The van der Waals surface area contributed by atoms with E-state index in [9.17, 15) is 0 Å². The Morgan fingerprint density at radius 1 is 1.00 bits per heavy atom. The van der Waals surface area contributed by atoms with E-state index in [1.165, 1.54) is 11.1 Å². The summed E-state index contributed by atoms with van der Waals surface area (Å²) in [5, 5.41) is 0. The molecule has 0 aliphatic carbocycles. The van der Waals surface area contributed by atoms with Gasteiger partial charge in [0.2, 0.25) is 0 Å². The summed E-state index contributed by atoms with van der Waals surface area (Å²) in [5.41, 5.74) is 2.78. The van der Waals surface area contributed by atoms with Gasteiger partial charge in [-0.2, -0.15) is 0 Å². The highest BCUT2D eigenvalue weighted by atomic mass is 16.6. The van der Waals surface area contributed by atoms with E-state index >= 15 is 0 Å². The molecule has 1 aromatic rings. The molecule has 0 unspecified atom stereocenters. The molecule has 0 N–H and O–H groups in total. The first-order valence-corrected chi connectivity index (χ1v) is 7.12. The van der Waals surface area contributed by atoms with Gasteiger partial charge in [-0.05, 0) is 51.8 Å². The van der Waals surface area contributed by atoms with E-state index in [0.29, 0.717) is 13.2 Å². The van der Waals surface area contributed by atoms with Crippen molar-refractivity contribution in [2.24, 2.45) is 0 Å². The minimum absolute atomic E-state index is 0.0811. The van der Waals surface area contributed by atoms with Crippen LogP contribution in [0, 0.1) is 0 Å². The molecule has 19 heavy (non-hydrogen) atoms. The smallest absolute Gasteiger partial charge is 0.411 e. The molecule has 0 saturated heterocycles. The van der Waals surface area contributed by atoms with E-state index in [1.54, 1.807) is 0 Å². The topological polar surface area (TPSA) is 21.7 Å². The first-order valence-electron chi connectivity index (χ1n) is 7.12. The summed E-state index contributed by atoms with van der Waals surface area (Å²) in [6.45, 7) is 6.39. The van der Waals surface area contributed by atoms with Crippen molar-refractivity contribution < 1.29 is 9.31 Å². The summed E-state index contributed by atoms with van der Waals surface area (Å²) in [6.07, 6.45) is 1.90. The standard InChI is InChI=1S/C15H26BNO2/c1-5-18-16(19-6-2)12-11-14-9-7-8-10-15(14)13-17(3)4/h7-10H,5-6,11-13H2,1-4H3. The third-order valence-electron chi connectivity index (χ3n) is 2.96. The van der Waals surface area contributed by atoms with E-state index in [-0.39, 0.29) is 7.12 Å². The lowest BCUT2D eigenvalue weighted by molar-refractivity contribution is 0.213. The van der Waals surface area contributed by atoms with Crippen molar-refractivity contribution in [2.45, 2.75) is 33.1 Å². The molecule has 0 amide bonds. The number of hydrogen-bond acceptors (Lipinski definition) is 3. The number of hydrogen-bond donors (Lipinski definition) is 0. The molecule has 0 radical (unpaired) electrons. The molecular formula is C15H26BNO2. The van der Waals surface area contributed by atoms with Crippen LogP contribution < -0.4 is 0 Å². The Balaban J connectivity index is 2.59. The first-order chi connectivity index (χ1) is 9.17. The molecule has 1 aromatic carbocycles. The summed E-state index contributed by atoms with van der Waals surface area (Å²) in [4.78, 5) is 2.20. The van der Waals surface area contributed by atoms with Crippen LogP contribution in [0.4, 0.5) is 0 Å². The molecule has 0 saturated carbocycles. The zero-order valence-electron chi connectivity index (χ0n) is 12.7. The van der Waals surface area contributed by atoms with E-state index in [2.05, 4.69) is 43.3 Å². The van der Waals surface area contributed by atoms with Crippen LogP contribution in [0.1, 0.15) is 25.0 Å². The minimum Gasteiger partial charge on any atom is -0.411 e. The second-order valence-corrected chi connectivity index (χ2v) is 4.89. The van der Waals surface area contributed by atoms with Gasteiger partial charge in [-0.3, -0.25) is 0 Å². The predicted molar refractivity (Wildman–Crippen MR) is 81.4 cm³/mol. The molecule has 106 valence electrons. The summed E-state index contributed by atoms with van der Waals surface area (Å²) < 4.78 is 11.2. The molecule has 0 aromatic heterocycles. The van der Waals surface area contributed by atoms with Gasteiger partial charge in [-0.15, -0.1) is 0 Å². The van der Waals surface area contributed by atoms with Gasteiger partial charge < -0.3 is 14.2 Å². The van der Waals surface area contributed by atoms with E-state index in [1.807, 2.05) is 13.8 Å². The van der Waals surface area contributed by atoms with Crippen LogP contribution in [-0.2, 0) is 22.3 Å². The van der Waals surface area contributed by atoms with Gasteiger partial charge in [0.1, 0.15) is 0 Å². The Bertz CT molecular complexity index is 352. The van der Waals surface area contributed by atoms with E-state index < -0.39 is 0 Å². The van der Waals surface area contributed by atoms with Crippen molar-refractivity contribution in [1.29, 1.82) is 0 Å². The molecule has 0 aliphatic rings. The fourth-order valence-electron chi connectivity index (χ4n) is 2.16. The normalized spacial score (nSPS) is 11.0. The minimum atomic E-state index is -0.0811. The Morgan fingerprint density at radius 3 is 2.11 bits per heavy atom. The maximum Gasteiger partial charge on any atom is 0.457 e. The monoisotopic (exact) mass is 263 g/mol. The van der Waals surface area contributed by atoms with Gasteiger partial charge in [0.25, 0.3) is 0 Å². The van der Waals surface area contributed by atoms with Crippen LogP contribution in [0.5, 0.6) is 0 Å². The van der Waals surface area contributed by atoms with Gasteiger partial charge in [-0.1, -0.05) is 24.3 Å². The SMILES string of the molecule is CCOB(CCc1ccccc1CN(C)C)OCC. The summed E-state index contributed by atoms with van der Waals surface area (Å²) in [5.74, 6) is 0. The number of benzene rings is 1. The van der Waals surface area contributed by atoms with Crippen LogP contribution >= 0.6 is 0 Å². The van der Waals surface area contributed by atoms with E-state index in [4.69, 9.17) is 9.31 Å². The molecule has 0 bridgehead atoms. The van der Waals surface area contributed by atoms with Gasteiger partial charge >= 0.3 is 7.12 Å². The lowest BCUT2D eigenvalue weighted by atomic mass is 9.80. The third kappa shape index (κ3) is 6.23. The molecule has 0 fully saturated rings. The average molecular weight is 263 g/mol. The molecule has 0 aliphatic heterocycles. The zero-order chi connectivity index (χ0) is 14.1. The van der Waals surface area contributed by atoms with Crippen LogP contribution in [0.3, 0.4) is 0 Å².